The Morgan fingerprint density at radius 1 is 0.955 bits per heavy atom. The highest BCUT2D eigenvalue weighted by Gasteiger charge is 2.16. The van der Waals surface area contributed by atoms with Gasteiger partial charge in [-0.1, -0.05) is 41.6 Å². The third kappa shape index (κ3) is 4.17. The molecule has 0 fully saturated rings. The summed E-state index contributed by atoms with van der Waals surface area (Å²) in [4.78, 5) is 12.1. The van der Waals surface area contributed by atoms with E-state index < -0.39 is 5.91 Å². The van der Waals surface area contributed by atoms with Gasteiger partial charge < -0.3 is 10.5 Å². The van der Waals surface area contributed by atoms with Crippen molar-refractivity contribution in [3.8, 4) is 0 Å². The number of hydrazone groups is 1. The second-order valence-corrected chi connectivity index (χ2v) is 4.44. The molecular formula is C16H16N4O2. The first-order valence-corrected chi connectivity index (χ1v) is 6.65. The van der Waals surface area contributed by atoms with Crippen molar-refractivity contribution in [2.24, 2.45) is 10.3 Å². The monoisotopic (exact) mass is 296 g/mol. The molecule has 6 nitrogen and oxygen atoms in total. The van der Waals surface area contributed by atoms with Crippen LogP contribution in [0.3, 0.4) is 0 Å². The van der Waals surface area contributed by atoms with Gasteiger partial charge in [-0.05, 0) is 31.2 Å². The summed E-state index contributed by atoms with van der Waals surface area (Å²) in [5.41, 5.74) is 4.27. The second-order valence-electron chi connectivity index (χ2n) is 4.44. The number of carbonyl (C=O) groups excluding carboxylic acids is 1. The van der Waals surface area contributed by atoms with E-state index in [9.17, 15) is 4.79 Å². The average Bonchev–Trinajstić information content (AvgIpc) is 2.55. The summed E-state index contributed by atoms with van der Waals surface area (Å²) in [5.74, 6) is -0.537. The summed E-state index contributed by atoms with van der Waals surface area (Å²) < 4.78 is 0. The van der Waals surface area contributed by atoms with Gasteiger partial charge in [-0.25, -0.2) is 0 Å². The maximum absolute atomic E-state index is 12.1. The Morgan fingerprint density at radius 3 is 2.05 bits per heavy atom. The molecule has 0 saturated carbocycles. The zero-order chi connectivity index (χ0) is 15.8. The lowest BCUT2D eigenvalue weighted by molar-refractivity contribution is -0.110. The highest BCUT2D eigenvalue weighted by Crippen LogP contribution is 2.07. The fraction of sp³-hybridized carbons (Fsp3) is 0.0625. The standard InChI is InChI=1S/C16H16N4O2/c1-12(18-19-14-10-6-3-7-11-14)15(20-22)16(21)17-13-8-4-2-5-9-13/h2-11,19,22H,1H3,(H,17,21)/b18-12-,20-15+. The molecule has 0 aliphatic carbocycles. The maximum Gasteiger partial charge on any atom is 0.279 e. The molecule has 112 valence electrons. The fourth-order valence-electron chi connectivity index (χ4n) is 1.71. The van der Waals surface area contributed by atoms with Crippen LogP contribution in [0.25, 0.3) is 0 Å². The molecule has 2 rings (SSSR count). The first-order chi connectivity index (χ1) is 10.7. The molecule has 0 aliphatic rings. The largest absolute Gasteiger partial charge is 0.410 e. The first kappa shape index (κ1) is 15.2. The number of para-hydroxylation sites is 2. The van der Waals surface area contributed by atoms with Crippen molar-refractivity contribution < 1.29 is 10.0 Å². The second kappa shape index (κ2) is 7.58. The molecule has 0 aliphatic heterocycles. The predicted octanol–water partition coefficient (Wildman–Crippen LogP) is 2.94. The van der Waals surface area contributed by atoms with Gasteiger partial charge in [-0.2, -0.15) is 5.10 Å². The Kier molecular flexibility index (Phi) is 5.25. The normalized spacial score (nSPS) is 11.9. The van der Waals surface area contributed by atoms with Crippen molar-refractivity contribution in [3.05, 3.63) is 60.7 Å². The number of rotatable bonds is 5. The van der Waals surface area contributed by atoms with Crippen molar-refractivity contribution in [2.75, 3.05) is 10.7 Å². The molecule has 0 bridgehead atoms. The molecule has 0 spiro atoms. The first-order valence-electron chi connectivity index (χ1n) is 6.65. The molecule has 0 unspecified atom stereocenters. The van der Waals surface area contributed by atoms with E-state index in [1.54, 1.807) is 31.2 Å². The molecule has 22 heavy (non-hydrogen) atoms. The number of nitrogens with zero attached hydrogens (tertiary/aromatic N) is 2. The van der Waals surface area contributed by atoms with Crippen molar-refractivity contribution >= 4 is 28.7 Å². The van der Waals surface area contributed by atoms with Crippen LogP contribution in [-0.4, -0.2) is 22.5 Å². The van der Waals surface area contributed by atoms with Crippen LogP contribution in [0, 0.1) is 0 Å². The van der Waals surface area contributed by atoms with Gasteiger partial charge in [0.2, 0.25) is 0 Å². The van der Waals surface area contributed by atoms with Crippen LogP contribution in [0.2, 0.25) is 0 Å². The topological polar surface area (TPSA) is 86.1 Å². The van der Waals surface area contributed by atoms with Gasteiger partial charge in [0, 0.05) is 5.69 Å². The lowest BCUT2D eigenvalue weighted by atomic mass is 10.2. The molecule has 6 heteroatoms. The van der Waals surface area contributed by atoms with Crippen LogP contribution < -0.4 is 10.7 Å². The minimum atomic E-state index is -0.537. The van der Waals surface area contributed by atoms with Crippen molar-refractivity contribution in [2.45, 2.75) is 6.92 Å². The van der Waals surface area contributed by atoms with Crippen LogP contribution in [0.1, 0.15) is 6.92 Å². The van der Waals surface area contributed by atoms with Gasteiger partial charge in [0.05, 0.1) is 11.4 Å². The lowest BCUT2D eigenvalue weighted by Gasteiger charge is -2.07. The van der Waals surface area contributed by atoms with Crippen LogP contribution in [0.15, 0.2) is 70.9 Å². The molecule has 0 radical (unpaired) electrons. The molecule has 3 N–H and O–H groups in total. The molecule has 0 aromatic heterocycles. The number of carbonyl (C=O) groups is 1. The summed E-state index contributed by atoms with van der Waals surface area (Å²) in [7, 11) is 0. The Bertz CT molecular complexity index is 682. The van der Waals surface area contributed by atoms with E-state index in [-0.39, 0.29) is 11.4 Å². The number of nitrogens with one attached hydrogen (secondary N) is 2. The van der Waals surface area contributed by atoms with Gasteiger partial charge >= 0.3 is 0 Å². The quantitative estimate of drug-likeness (QED) is 0.450. The van der Waals surface area contributed by atoms with Gasteiger partial charge in [0.1, 0.15) is 0 Å². The van der Waals surface area contributed by atoms with Gasteiger partial charge in [-0.3, -0.25) is 10.2 Å². The summed E-state index contributed by atoms with van der Waals surface area (Å²) >= 11 is 0. The SMILES string of the molecule is CC(=N/Nc1ccccc1)/C(=N\O)C(=O)Nc1ccccc1. The fourth-order valence-corrected chi connectivity index (χ4v) is 1.71. The highest BCUT2D eigenvalue weighted by atomic mass is 16.4. The summed E-state index contributed by atoms with van der Waals surface area (Å²) in [5, 5.41) is 18.8. The smallest absolute Gasteiger partial charge is 0.279 e. The molecule has 2 aromatic rings. The van der Waals surface area contributed by atoms with E-state index in [4.69, 9.17) is 5.21 Å². The number of oxime groups is 1. The summed E-state index contributed by atoms with van der Waals surface area (Å²) in [6, 6.07) is 18.2. The van der Waals surface area contributed by atoms with Crippen LogP contribution in [-0.2, 0) is 4.79 Å². The highest BCUT2D eigenvalue weighted by molar-refractivity contribution is 6.68. The Labute approximate surface area is 128 Å². The number of benzene rings is 2. The molecule has 0 heterocycles. The summed E-state index contributed by atoms with van der Waals surface area (Å²) in [6.07, 6.45) is 0. The number of anilines is 2. The molecular weight excluding hydrogens is 280 g/mol. The molecule has 0 atom stereocenters. The minimum Gasteiger partial charge on any atom is -0.410 e. The minimum absolute atomic E-state index is 0.160. The lowest BCUT2D eigenvalue weighted by Crippen LogP contribution is -2.29. The zero-order valence-electron chi connectivity index (χ0n) is 12.0. The molecule has 0 saturated heterocycles. The van der Waals surface area contributed by atoms with Crippen LogP contribution in [0.4, 0.5) is 11.4 Å². The van der Waals surface area contributed by atoms with Crippen LogP contribution in [0.5, 0.6) is 0 Å². The van der Waals surface area contributed by atoms with E-state index in [0.717, 1.165) is 5.69 Å². The van der Waals surface area contributed by atoms with Gasteiger partial charge in [0.15, 0.2) is 5.71 Å². The predicted molar refractivity (Wildman–Crippen MR) is 87.5 cm³/mol. The van der Waals surface area contributed by atoms with Gasteiger partial charge in [0.25, 0.3) is 5.91 Å². The Balaban J connectivity index is 2.05. The van der Waals surface area contributed by atoms with Gasteiger partial charge in [-0.15, -0.1) is 0 Å². The number of amides is 1. The summed E-state index contributed by atoms with van der Waals surface area (Å²) in [6.45, 7) is 1.58. The molecule has 1 amide bonds. The number of hydrogen-bond donors (Lipinski definition) is 3. The zero-order valence-corrected chi connectivity index (χ0v) is 12.0. The van der Waals surface area contributed by atoms with Crippen molar-refractivity contribution in [3.63, 3.8) is 0 Å². The van der Waals surface area contributed by atoms with Crippen LogP contribution >= 0.6 is 0 Å². The van der Waals surface area contributed by atoms with Crippen molar-refractivity contribution in [1.29, 1.82) is 0 Å². The molecule has 2 aromatic carbocycles. The van der Waals surface area contributed by atoms with E-state index in [0.29, 0.717) is 5.69 Å². The Morgan fingerprint density at radius 2 is 1.50 bits per heavy atom. The third-order valence-corrected chi connectivity index (χ3v) is 2.82. The van der Waals surface area contributed by atoms with Crippen molar-refractivity contribution in [1.82, 2.24) is 0 Å². The van der Waals surface area contributed by atoms with E-state index >= 15 is 0 Å². The third-order valence-electron chi connectivity index (χ3n) is 2.82. The maximum atomic E-state index is 12.1. The Hall–Kier alpha value is -3.15. The number of hydrogen-bond acceptors (Lipinski definition) is 5. The van der Waals surface area contributed by atoms with E-state index in [1.165, 1.54) is 0 Å². The van der Waals surface area contributed by atoms with E-state index in [2.05, 4.69) is 21.0 Å². The van der Waals surface area contributed by atoms with E-state index in [1.807, 2.05) is 36.4 Å². The average molecular weight is 296 g/mol.